The van der Waals surface area contributed by atoms with Crippen molar-refractivity contribution >= 4 is 11.9 Å². The molecule has 0 heterocycles. The van der Waals surface area contributed by atoms with E-state index < -0.39 is 11.9 Å². The van der Waals surface area contributed by atoms with Crippen LogP contribution in [-0.4, -0.2) is 24.1 Å². The Labute approximate surface area is 148 Å². The summed E-state index contributed by atoms with van der Waals surface area (Å²) >= 11 is 0. The number of esters is 2. The first-order valence-electron chi connectivity index (χ1n) is 9.58. The minimum absolute atomic E-state index is 0.118. The maximum atomic E-state index is 11.7. The molecule has 0 aromatic rings. The van der Waals surface area contributed by atoms with Crippen LogP contribution in [0.4, 0.5) is 0 Å². The molecule has 0 aliphatic heterocycles. The van der Waals surface area contributed by atoms with E-state index in [1.807, 2.05) is 13.8 Å². The largest absolute Gasteiger partial charge is 0.460 e. The van der Waals surface area contributed by atoms with Crippen molar-refractivity contribution in [3.8, 4) is 0 Å². The summed E-state index contributed by atoms with van der Waals surface area (Å²) in [5.74, 6) is -0.962. The summed E-state index contributed by atoms with van der Waals surface area (Å²) in [6, 6.07) is 0. The third-order valence-corrected chi connectivity index (χ3v) is 3.92. The van der Waals surface area contributed by atoms with Crippen molar-refractivity contribution in [1.82, 2.24) is 0 Å². The Balaban J connectivity index is 3.88. The molecule has 0 N–H and O–H groups in total. The second-order valence-electron chi connectivity index (χ2n) is 6.53. The summed E-state index contributed by atoms with van der Waals surface area (Å²) in [4.78, 5) is 23.3. The van der Waals surface area contributed by atoms with Gasteiger partial charge in [0.1, 0.15) is 0 Å². The second kappa shape index (κ2) is 15.2. The molecule has 0 aliphatic carbocycles. The van der Waals surface area contributed by atoms with E-state index in [0.717, 1.165) is 50.7 Å². The van der Waals surface area contributed by atoms with E-state index in [4.69, 9.17) is 9.47 Å². The maximum absolute atomic E-state index is 11.7. The minimum atomic E-state index is -0.481. The van der Waals surface area contributed by atoms with E-state index in [9.17, 15) is 9.59 Å². The Morgan fingerprint density at radius 2 is 1.08 bits per heavy atom. The van der Waals surface area contributed by atoms with Crippen molar-refractivity contribution in [2.24, 2.45) is 0 Å². The molecular weight excluding hydrogens is 304 g/mol. The van der Waals surface area contributed by atoms with Gasteiger partial charge < -0.3 is 9.47 Å². The van der Waals surface area contributed by atoms with Crippen molar-refractivity contribution in [1.29, 1.82) is 0 Å². The summed E-state index contributed by atoms with van der Waals surface area (Å²) in [5, 5.41) is 0. The molecule has 0 saturated carbocycles. The monoisotopic (exact) mass is 340 g/mol. The Hall–Kier alpha value is -1.32. The number of carbonyl (C=O) groups is 2. The highest BCUT2D eigenvalue weighted by molar-refractivity contribution is 5.91. The molecule has 0 radical (unpaired) electrons. The van der Waals surface area contributed by atoms with Crippen LogP contribution in [-0.2, 0) is 19.1 Å². The lowest BCUT2D eigenvalue weighted by atomic mass is 10.1. The highest BCUT2D eigenvalue weighted by Crippen LogP contribution is 2.09. The molecule has 0 aromatic carbocycles. The zero-order valence-corrected chi connectivity index (χ0v) is 16.0. The van der Waals surface area contributed by atoms with Crippen molar-refractivity contribution in [2.45, 2.75) is 104 Å². The molecule has 0 aliphatic rings. The van der Waals surface area contributed by atoms with Gasteiger partial charge in [-0.2, -0.15) is 0 Å². The van der Waals surface area contributed by atoms with Crippen molar-refractivity contribution < 1.29 is 19.1 Å². The molecule has 0 rings (SSSR count). The van der Waals surface area contributed by atoms with Gasteiger partial charge in [0.15, 0.2) is 0 Å². The van der Waals surface area contributed by atoms with Gasteiger partial charge in [0.2, 0.25) is 0 Å². The lowest BCUT2D eigenvalue weighted by molar-refractivity contribution is -0.145. The van der Waals surface area contributed by atoms with Gasteiger partial charge in [-0.3, -0.25) is 0 Å². The molecule has 0 amide bonds. The summed E-state index contributed by atoms with van der Waals surface area (Å²) < 4.78 is 10.5. The van der Waals surface area contributed by atoms with Gasteiger partial charge in [0.25, 0.3) is 0 Å². The van der Waals surface area contributed by atoms with Gasteiger partial charge in [0, 0.05) is 12.2 Å². The van der Waals surface area contributed by atoms with Gasteiger partial charge in [0.05, 0.1) is 12.2 Å². The van der Waals surface area contributed by atoms with Gasteiger partial charge >= 0.3 is 11.9 Å². The zero-order chi connectivity index (χ0) is 18.2. The molecule has 0 bridgehead atoms. The highest BCUT2D eigenvalue weighted by atomic mass is 16.5. The van der Waals surface area contributed by atoms with Crippen LogP contribution in [0, 0.1) is 0 Å². The smallest absolute Gasteiger partial charge is 0.331 e. The molecule has 2 atom stereocenters. The number of ether oxygens (including phenoxy) is 2. The average molecular weight is 341 g/mol. The maximum Gasteiger partial charge on any atom is 0.331 e. The number of hydrogen-bond acceptors (Lipinski definition) is 4. The third kappa shape index (κ3) is 14.3. The van der Waals surface area contributed by atoms with Crippen molar-refractivity contribution in [3.05, 3.63) is 12.2 Å². The fourth-order valence-electron chi connectivity index (χ4n) is 2.45. The van der Waals surface area contributed by atoms with Crippen LogP contribution < -0.4 is 0 Å². The summed E-state index contributed by atoms with van der Waals surface area (Å²) in [5.41, 5.74) is 0. The van der Waals surface area contributed by atoms with Crippen LogP contribution >= 0.6 is 0 Å². The Bertz CT molecular complexity index is 329. The number of rotatable bonds is 14. The van der Waals surface area contributed by atoms with Gasteiger partial charge in [-0.1, -0.05) is 52.4 Å². The summed E-state index contributed by atoms with van der Waals surface area (Å²) in [6.45, 7) is 8.10. The molecule has 140 valence electrons. The normalized spacial score (nSPS) is 13.7. The first kappa shape index (κ1) is 22.7. The van der Waals surface area contributed by atoms with Crippen LogP contribution in [0.3, 0.4) is 0 Å². The molecule has 4 heteroatoms. The second-order valence-corrected chi connectivity index (χ2v) is 6.53. The molecule has 0 fully saturated rings. The predicted octanol–water partition coefficient (Wildman–Crippen LogP) is 5.35. The van der Waals surface area contributed by atoms with Crippen LogP contribution in [0.15, 0.2) is 12.2 Å². The van der Waals surface area contributed by atoms with E-state index in [2.05, 4.69) is 13.8 Å². The zero-order valence-electron chi connectivity index (χ0n) is 16.0. The lowest BCUT2D eigenvalue weighted by Crippen LogP contribution is -2.15. The van der Waals surface area contributed by atoms with E-state index in [0.29, 0.717) is 0 Å². The fourth-order valence-corrected chi connectivity index (χ4v) is 2.45. The van der Waals surface area contributed by atoms with Crippen LogP contribution in [0.25, 0.3) is 0 Å². The molecule has 24 heavy (non-hydrogen) atoms. The average Bonchev–Trinajstić information content (AvgIpc) is 2.54. The van der Waals surface area contributed by atoms with Crippen LogP contribution in [0.5, 0.6) is 0 Å². The lowest BCUT2D eigenvalue weighted by Gasteiger charge is -2.12. The number of unbranched alkanes of at least 4 members (excludes halogenated alkanes) is 6. The predicted molar refractivity (Wildman–Crippen MR) is 97.8 cm³/mol. The molecule has 0 spiro atoms. The van der Waals surface area contributed by atoms with Crippen LogP contribution in [0.1, 0.15) is 91.9 Å². The number of carbonyl (C=O) groups excluding carboxylic acids is 2. The van der Waals surface area contributed by atoms with E-state index in [1.54, 1.807) is 0 Å². The van der Waals surface area contributed by atoms with Crippen molar-refractivity contribution in [3.63, 3.8) is 0 Å². The quantitative estimate of drug-likeness (QED) is 0.243. The van der Waals surface area contributed by atoms with Crippen LogP contribution in [0.2, 0.25) is 0 Å². The highest BCUT2D eigenvalue weighted by Gasteiger charge is 2.09. The van der Waals surface area contributed by atoms with Gasteiger partial charge in [-0.05, 0) is 39.5 Å². The van der Waals surface area contributed by atoms with E-state index in [1.165, 1.54) is 25.7 Å². The topological polar surface area (TPSA) is 52.6 Å². The molecular formula is C20H36O4. The SMILES string of the molecule is CCCCCCC(C)OC(=O)C=CC(=O)OC(C)CCCCCC. The Kier molecular flexibility index (Phi) is 14.4. The molecule has 0 saturated heterocycles. The van der Waals surface area contributed by atoms with Crippen molar-refractivity contribution in [2.75, 3.05) is 0 Å². The standard InChI is InChI=1S/C20H36O4/c1-5-7-9-11-13-17(3)23-19(21)15-16-20(22)24-18(4)14-12-10-8-6-2/h15-18H,5-14H2,1-4H3. The minimum Gasteiger partial charge on any atom is -0.460 e. The Morgan fingerprint density at radius 3 is 1.42 bits per heavy atom. The fraction of sp³-hybridized carbons (Fsp3) is 0.800. The Morgan fingerprint density at radius 1 is 0.708 bits per heavy atom. The first-order chi connectivity index (χ1) is 11.5. The van der Waals surface area contributed by atoms with E-state index >= 15 is 0 Å². The molecule has 2 unspecified atom stereocenters. The first-order valence-corrected chi connectivity index (χ1v) is 9.58. The molecule has 4 nitrogen and oxygen atoms in total. The molecule has 0 aromatic heterocycles. The summed E-state index contributed by atoms with van der Waals surface area (Å²) in [7, 11) is 0. The van der Waals surface area contributed by atoms with Gasteiger partial charge in [-0.25, -0.2) is 9.59 Å². The number of hydrogen-bond donors (Lipinski definition) is 0. The van der Waals surface area contributed by atoms with E-state index in [-0.39, 0.29) is 12.2 Å². The third-order valence-electron chi connectivity index (χ3n) is 3.92. The van der Waals surface area contributed by atoms with Gasteiger partial charge in [-0.15, -0.1) is 0 Å². The summed E-state index contributed by atoms with van der Waals surface area (Å²) in [6.07, 6.45) is 13.1.